The molecule has 0 aliphatic heterocycles. The predicted octanol–water partition coefficient (Wildman–Crippen LogP) is 4.76. The molecule has 0 N–H and O–H groups in total. The summed E-state index contributed by atoms with van der Waals surface area (Å²) in [6, 6.07) is 0. The maximum Gasteiger partial charge on any atom is 0.0622 e. The first kappa shape index (κ1) is 16.0. The van der Waals surface area contributed by atoms with Gasteiger partial charge in [0.1, 0.15) is 0 Å². The van der Waals surface area contributed by atoms with Crippen LogP contribution in [0.15, 0.2) is 0 Å². The van der Waals surface area contributed by atoms with Crippen LogP contribution in [0.3, 0.4) is 0 Å². The van der Waals surface area contributed by atoms with Crippen LogP contribution in [-0.4, -0.2) is 12.7 Å². The Kier molecular flexibility index (Phi) is 6.62. The van der Waals surface area contributed by atoms with Crippen molar-refractivity contribution >= 4 is 0 Å². The van der Waals surface area contributed by atoms with Crippen molar-refractivity contribution < 1.29 is 4.74 Å². The fourth-order valence-corrected chi connectivity index (χ4v) is 2.95. The minimum Gasteiger partial charge on any atom is -0.379 e. The van der Waals surface area contributed by atoms with Crippen molar-refractivity contribution in [2.75, 3.05) is 7.11 Å². The van der Waals surface area contributed by atoms with Gasteiger partial charge in [0.05, 0.1) is 5.60 Å². The second-order valence-electron chi connectivity index (χ2n) is 6.55. The van der Waals surface area contributed by atoms with Crippen LogP contribution >= 0.6 is 0 Å². The van der Waals surface area contributed by atoms with Crippen molar-refractivity contribution in [2.45, 2.75) is 66.9 Å². The van der Waals surface area contributed by atoms with Gasteiger partial charge in [-0.15, -0.1) is 0 Å². The van der Waals surface area contributed by atoms with E-state index in [1.807, 2.05) is 7.11 Å². The van der Waals surface area contributed by atoms with E-state index in [-0.39, 0.29) is 5.60 Å². The summed E-state index contributed by atoms with van der Waals surface area (Å²) >= 11 is 0. The molecule has 0 saturated heterocycles. The zero-order valence-corrected chi connectivity index (χ0v) is 12.6. The third-order valence-electron chi connectivity index (χ3n) is 3.95. The Morgan fingerprint density at radius 2 is 1.38 bits per heavy atom. The maximum absolute atomic E-state index is 5.49. The Hall–Kier alpha value is -0.0400. The van der Waals surface area contributed by atoms with Gasteiger partial charge in [-0.25, -0.2) is 0 Å². The van der Waals surface area contributed by atoms with Gasteiger partial charge in [-0.1, -0.05) is 34.6 Å². The van der Waals surface area contributed by atoms with Crippen molar-refractivity contribution in [3.63, 3.8) is 0 Å². The van der Waals surface area contributed by atoms with E-state index < -0.39 is 0 Å². The quantitative estimate of drug-likeness (QED) is 0.610. The molecule has 0 spiro atoms. The molecule has 1 heteroatoms. The summed E-state index contributed by atoms with van der Waals surface area (Å²) in [6.07, 6.45) is 2.42. The SMILES string of the molecule is COC(C)(C)CCC(C)C(C(C)C)C(C)C. The minimum atomic E-state index is 0.0345. The molecule has 0 bridgehead atoms. The van der Waals surface area contributed by atoms with Gasteiger partial charge in [-0.2, -0.15) is 0 Å². The van der Waals surface area contributed by atoms with Gasteiger partial charge < -0.3 is 4.74 Å². The third kappa shape index (κ3) is 5.34. The topological polar surface area (TPSA) is 9.23 Å². The lowest BCUT2D eigenvalue weighted by molar-refractivity contribution is 0.00642. The average molecular weight is 228 g/mol. The van der Waals surface area contributed by atoms with Crippen molar-refractivity contribution in [2.24, 2.45) is 23.7 Å². The summed E-state index contributed by atoms with van der Waals surface area (Å²) in [5.74, 6) is 3.17. The van der Waals surface area contributed by atoms with Crippen LogP contribution in [0.25, 0.3) is 0 Å². The number of methoxy groups -OCH3 is 1. The lowest BCUT2D eigenvalue weighted by Gasteiger charge is -2.33. The van der Waals surface area contributed by atoms with Crippen molar-refractivity contribution in [1.29, 1.82) is 0 Å². The first-order chi connectivity index (χ1) is 7.21. The molecule has 16 heavy (non-hydrogen) atoms. The Bertz CT molecular complexity index is 174. The van der Waals surface area contributed by atoms with Crippen LogP contribution < -0.4 is 0 Å². The number of hydrogen-bond donors (Lipinski definition) is 0. The molecule has 0 aromatic heterocycles. The largest absolute Gasteiger partial charge is 0.379 e. The van der Waals surface area contributed by atoms with Gasteiger partial charge in [0, 0.05) is 7.11 Å². The third-order valence-corrected chi connectivity index (χ3v) is 3.95. The van der Waals surface area contributed by atoms with Gasteiger partial charge in [0.15, 0.2) is 0 Å². The zero-order valence-electron chi connectivity index (χ0n) is 12.6. The summed E-state index contributed by atoms with van der Waals surface area (Å²) in [5.41, 5.74) is 0.0345. The number of hydrogen-bond acceptors (Lipinski definition) is 1. The highest BCUT2D eigenvalue weighted by atomic mass is 16.5. The number of rotatable bonds is 7. The second kappa shape index (κ2) is 6.64. The summed E-state index contributed by atoms with van der Waals surface area (Å²) in [6.45, 7) is 16.2. The highest BCUT2D eigenvalue weighted by molar-refractivity contribution is 4.76. The van der Waals surface area contributed by atoms with E-state index in [9.17, 15) is 0 Å². The van der Waals surface area contributed by atoms with Crippen LogP contribution in [0.4, 0.5) is 0 Å². The Morgan fingerprint density at radius 1 is 0.938 bits per heavy atom. The van der Waals surface area contributed by atoms with E-state index in [0.717, 1.165) is 30.1 Å². The van der Waals surface area contributed by atoms with Gasteiger partial charge in [0.2, 0.25) is 0 Å². The van der Waals surface area contributed by atoms with Gasteiger partial charge in [-0.3, -0.25) is 0 Å². The minimum absolute atomic E-state index is 0.0345. The average Bonchev–Trinajstić information content (AvgIpc) is 2.14. The Balaban J connectivity index is 4.27. The first-order valence-electron chi connectivity index (χ1n) is 6.76. The van der Waals surface area contributed by atoms with E-state index in [0.29, 0.717) is 0 Å². The molecular formula is C15H32O. The molecule has 0 fully saturated rings. The lowest BCUT2D eigenvalue weighted by Crippen LogP contribution is -2.28. The highest BCUT2D eigenvalue weighted by Crippen LogP contribution is 2.33. The number of ether oxygens (including phenoxy) is 1. The van der Waals surface area contributed by atoms with Crippen LogP contribution in [0.5, 0.6) is 0 Å². The van der Waals surface area contributed by atoms with Crippen LogP contribution in [-0.2, 0) is 4.74 Å². The van der Waals surface area contributed by atoms with Gasteiger partial charge in [-0.05, 0) is 50.4 Å². The molecule has 1 unspecified atom stereocenters. The maximum atomic E-state index is 5.49. The summed E-state index contributed by atoms with van der Waals surface area (Å²) in [4.78, 5) is 0. The molecular weight excluding hydrogens is 196 g/mol. The molecule has 1 atom stereocenters. The Morgan fingerprint density at radius 3 is 1.69 bits per heavy atom. The molecule has 0 aliphatic rings. The van der Waals surface area contributed by atoms with E-state index in [2.05, 4.69) is 48.5 Å². The van der Waals surface area contributed by atoms with E-state index >= 15 is 0 Å². The Labute approximate surface area is 103 Å². The van der Waals surface area contributed by atoms with E-state index in [1.165, 1.54) is 6.42 Å². The molecule has 0 saturated carbocycles. The monoisotopic (exact) mass is 228 g/mol. The molecule has 98 valence electrons. The molecule has 0 amide bonds. The van der Waals surface area contributed by atoms with Gasteiger partial charge >= 0.3 is 0 Å². The molecule has 1 nitrogen and oxygen atoms in total. The zero-order chi connectivity index (χ0) is 12.9. The molecule has 0 aromatic carbocycles. The fourth-order valence-electron chi connectivity index (χ4n) is 2.95. The predicted molar refractivity (Wildman–Crippen MR) is 72.7 cm³/mol. The van der Waals surface area contributed by atoms with Crippen molar-refractivity contribution in [3.05, 3.63) is 0 Å². The highest BCUT2D eigenvalue weighted by Gasteiger charge is 2.26. The van der Waals surface area contributed by atoms with E-state index in [1.54, 1.807) is 0 Å². The smallest absolute Gasteiger partial charge is 0.0622 e. The van der Waals surface area contributed by atoms with Crippen LogP contribution in [0, 0.1) is 23.7 Å². The summed E-state index contributed by atoms with van der Waals surface area (Å²) in [5, 5.41) is 0. The molecule has 0 heterocycles. The van der Waals surface area contributed by atoms with Crippen molar-refractivity contribution in [1.82, 2.24) is 0 Å². The van der Waals surface area contributed by atoms with Gasteiger partial charge in [0.25, 0.3) is 0 Å². The molecule has 0 aliphatic carbocycles. The first-order valence-corrected chi connectivity index (χ1v) is 6.76. The van der Waals surface area contributed by atoms with Crippen molar-refractivity contribution in [3.8, 4) is 0 Å². The normalized spacial score (nSPS) is 15.2. The molecule has 0 radical (unpaired) electrons. The lowest BCUT2D eigenvalue weighted by atomic mass is 9.74. The second-order valence-corrected chi connectivity index (χ2v) is 6.55. The van der Waals surface area contributed by atoms with Crippen LogP contribution in [0.2, 0.25) is 0 Å². The fraction of sp³-hybridized carbons (Fsp3) is 1.00. The van der Waals surface area contributed by atoms with Crippen LogP contribution in [0.1, 0.15) is 61.3 Å². The van der Waals surface area contributed by atoms with E-state index in [4.69, 9.17) is 4.74 Å². The molecule has 0 aromatic rings. The standard InChI is InChI=1S/C15H32O/c1-11(2)14(12(3)4)13(5)9-10-15(6,7)16-8/h11-14H,9-10H2,1-8H3. The molecule has 0 rings (SSSR count). The summed E-state index contributed by atoms with van der Waals surface area (Å²) in [7, 11) is 1.81. The summed E-state index contributed by atoms with van der Waals surface area (Å²) < 4.78 is 5.49.